The fourth-order valence-corrected chi connectivity index (χ4v) is 2.55. The van der Waals surface area contributed by atoms with Crippen molar-refractivity contribution in [2.45, 2.75) is 70.4 Å². The second-order valence-electron chi connectivity index (χ2n) is 6.47. The van der Waals surface area contributed by atoms with E-state index in [1.807, 2.05) is 6.92 Å². The topological polar surface area (TPSA) is 98.1 Å². The summed E-state index contributed by atoms with van der Waals surface area (Å²) in [6.45, 7) is 3.84. The van der Waals surface area contributed by atoms with Crippen LogP contribution in [-0.2, 0) is 25.6 Å². The van der Waals surface area contributed by atoms with E-state index in [2.05, 4.69) is 4.98 Å². The lowest BCUT2D eigenvalue weighted by atomic mass is 10.0. The normalized spacial score (nSPS) is 27.4. The van der Waals surface area contributed by atoms with Crippen LogP contribution in [0, 0.1) is 0 Å². The van der Waals surface area contributed by atoms with E-state index in [1.54, 1.807) is 37.5 Å². The Morgan fingerprint density at radius 1 is 1.38 bits per heavy atom. The van der Waals surface area contributed by atoms with Crippen molar-refractivity contribution < 1.29 is 29.2 Å². The van der Waals surface area contributed by atoms with Gasteiger partial charge in [0.05, 0.1) is 18.3 Å². The van der Waals surface area contributed by atoms with Gasteiger partial charge in [0.25, 0.3) is 0 Å². The zero-order valence-corrected chi connectivity index (χ0v) is 15.2. The minimum absolute atomic E-state index is 0.158. The summed E-state index contributed by atoms with van der Waals surface area (Å²) in [5.41, 5.74) is 0.883. The molecule has 26 heavy (non-hydrogen) atoms. The monoisotopic (exact) mass is 365 g/mol. The first-order valence-electron chi connectivity index (χ1n) is 8.85. The van der Waals surface area contributed by atoms with Crippen LogP contribution < -0.4 is 0 Å². The maximum atomic E-state index is 11.7. The highest BCUT2D eigenvalue weighted by atomic mass is 16.7. The largest absolute Gasteiger partial charge is 0.458 e. The van der Waals surface area contributed by atoms with Crippen molar-refractivity contribution in [1.29, 1.82) is 0 Å². The van der Waals surface area contributed by atoms with E-state index in [1.165, 1.54) is 6.08 Å². The van der Waals surface area contributed by atoms with Gasteiger partial charge in [-0.05, 0) is 44.4 Å². The fourth-order valence-electron chi connectivity index (χ4n) is 2.55. The summed E-state index contributed by atoms with van der Waals surface area (Å²) in [5, 5.41) is 19.6. The van der Waals surface area contributed by atoms with E-state index in [-0.39, 0.29) is 25.2 Å². The van der Waals surface area contributed by atoms with Crippen molar-refractivity contribution >= 4 is 5.97 Å². The molecule has 0 amide bonds. The number of aliphatic hydroxyl groups excluding tert-OH is 2. The number of aliphatic hydroxyl groups is 2. The molecule has 1 aliphatic rings. The number of esters is 1. The lowest BCUT2D eigenvalue weighted by Gasteiger charge is -2.36. The zero-order valence-electron chi connectivity index (χ0n) is 15.2. The molecular formula is C19H27NO6. The summed E-state index contributed by atoms with van der Waals surface area (Å²) < 4.78 is 16.3. The number of aromatic nitrogens is 1. The molecule has 1 saturated heterocycles. The van der Waals surface area contributed by atoms with E-state index in [4.69, 9.17) is 14.2 Å². The molecule has 2 N–H and O–H groups in total. The number of hydrogen-bond donors (Lipinski definition) is 2. The molecule has 7 heteroatoms. The summed E-state index contributed by atoms with van der Waals surface area (Å²) in [5.74, 6) is -0.399. The Labute approximate surface area is 153 Å². The van der Waals surface area contributed by atoms with Crippen LogP contribution in [0.1, 0.15) is 38.7 Å². The third-order valence-corrected chi connectivity index (χ3v) is 4.18. The van der Waals surface area contributed by atoms with Gasteiger partial charge >= 0.3 is 5.97 Å². The first-order chi connectivity index (χ1) is 12.5. The molecule has 1 aromatic heterocycles. The average molecular weight is 365 g/mol. The number of nitrogens with zero attached hydrogens (tertiary/aromatic N) is 1. The molecular weight excluding hydrogens is 338 g/mol. The lowest BCUT2D eigenvalue weighted by Crippen LogP contribution is -2.48. The molecule has 0 radical (unpaired) electrons. The molecule has 7 nitrogen and oxygen atoms in total. The van der Waals surface area contributed by atoms with Crippen LogP contribution >= 0.6 is 0 Å². The lowest BCUT2D eigenvalue weighted by molar-refractivity contribution is -0.273. The molecule has 2 unspecified atom stereocenters. The summed E-state index contributed by atoms with van der Waals surface area (Å²) in [7, 11) is 0. The molecule has 2 heterocycles. The van der Waals surface area contributed by atoms with Crippen molar-refractivity contribution in [2.75, 3.05) is 0 Å². The van der Waals surface area contributed by atoms with Gasteiger partial charge in [0.2, 0.25) is 0 Å². The summed E-state index contributed by atoms with van der Waals surface area (Å²) in [4.78, 5) is 15.6. The molecule has 1 fully saturated rings. The van der Waals surface area contributed by atoms with Crippen LogP contribution in [0.25, 0.3) is 0 Å². The highest BCUT2D eigenvalue weighted by molar-refractivity contribution is 5.81. The molecule has 0 spiro atoms. The van der Waals surface area contributed by atoms with Gasteiger partial charge in [-0.2, -0.15) is 0 Å². The van der Waals surface area contributed by atoms with Gasteiger partial charge in [0, 0.05) is 24.9 Å². The maximum Gasteiger partial charge on any atom is 0.330 e. The minimum atomic E-state index is -0.845. The van der Waals surface area contributed by atoms with Crippen LogP contribution in [0.5, 0.6) is 0 Å². The maximum absolute atomic E-state index is 11.7. The standard InChI is InChI=1S/C19H27NO6/c1-13(25-19-17(22)11-16(21)14(2)26-19)5-3-4-6-18(23)24-12-15-7-9-20-10-8-15/h4,6-10,13-14,16-17,19,21-22H,3,5,11-12H2,1-2H3/b6-4+/t13-,14+,16?,17-,19?/m1/s1. The first-order valence-corrected chi connectivity index (χ1v) is 8.85. The second-order valence-corrected chi connectivity index (χ2v) is 6.47. The highest BCUT2D eigenvalue weighted by Gasteiger charge is 2.35. The number of pyridine rings is 1. The van der Waals surface area contributed by atoms with E-state index in [0.717, 1.165) is 5.56 Å². The Kier molecular flexibility index (Phi) is 8.18. The predicted octanol–water partition coefficient (Wildman–Crippen LogP) is 1.72. The highest BCUT2D eigenvalue weighted by Crippen LogP contribution is 2.22. The van der Waals surface area contributed by atoms with Crippen molar-refractivity contribution in [3.05, 3.63) is 42.2 Å². The van der Waals surface area contributed by atoms with Crippen LogP contribution in [0.4, 0.5) is 0 Å². The SMILES string of the molecule is C[C@H](CC/C=C/C(=O)OCc1ccncc1)OC1O[C@@H](C)C(O)C[C@H]1O. The molecule has 5 atom stereocenters. The van der Waals surface area contributed by atoms with Gasteiger partial charge in [-0.3, -0.25) is 4.98 Å². The number of carbonyl (C=O) groups excluding carboxylic acids is 1. The van der Waals surface area contributed by atoms with E-state index < -0.39 is 24.5 Å². The third-order valence-electron chi connectivity index (χ3n) is 4.18. The summed E-state index contributed by atoms with van der Waals surface area (Å²) in [6.07, 6.45) is 5.18. The van der Waals surface area contributed by atoms with Crippen molar-refractivity contribution in [3.8, 4) is 0 Å². The summed E-state index contributed by atoms with van der Waals surface area (Å²) >= 11 is 0. The average Bonchev–Trinajstić information content (AvgIpc) is 2.62. The van der Waals surface area contributed by atoms with E-state index in [9.17, 15) is 15.0 Å². The molecule has 1 aliphatic heterocycles. The molecule has 2 rings (SSSR count). The van der Waals surface area contributed by atoms with Crippen LogP contribution in [0.15, 0.2) is 36.7 Å². The second kappa shape index (κ2) is 10.4. The van der Waals surface area contributed by atoms with Gasteiger partial charge in [-0.15, -0.1) is 0 Å². The number of carbonyl (C=O) groups is 1. The van der Waals surface area contributed by atoms with Gasteiger partial charge in [0.1, 0.15) is 12.7 Å². The summed E-state index contributed by atoms with van der Waals surface area (Å²) in [6, 6.07) is 3.58. The number of ether oxygens (including phenoxy) is 3. The minimum Gasteiger partial charge on any atom is -0.458 e. The number of hydrogen-bond acceptors (Lipinski definition) is 7. The van der Waals surface area contributed by atoms with Gasteiger partial charge in [-0.25, -0.2) is 4.79 Å². The zero-order chi connectivity index (χ0) is 18.9. The molecule has 0 bridgehead atoms. The molecule has 0 saturated carbocycles. The molecule has 0 aromatic carbocycles. The Hall–Kier alpha value is -1.80. The van der Waals surface area contributed by atoms with Gasteiger partial charge in [-0.1, -0.05) is 6.08 Å². The van der Waals surface area contributed by atoms with Gasteiger partial charge < -0.3 is 24.4 Å². The fraction of sp³-hybridized carbons (Fsp3) is 0.579. The Bertz CT molecular complexity index is 579. The van der Waals surface area contributed by atoms with Gasteiger partial charge in [0.15, 0.2) is 6.29 Å². The molecule has 1 aromatic rings. The van der Waals surface area contributed by atoms with E-state index >= 15 is 0 Å². The van der Waals surface area contributed by atoms with Crippen molar-refractivity contribution in [3.63, 3.8) is 0 Å². The number of rotatable bonds is 8. The first kappa shape index (κ1) is 20.5. The smallest absolute Gasteiger partial charge is 0.330 e. The Morgan fingerprint density at radius 3 is 2.85 bits per heavy atom. The van der Waals surface area contributed by atoms with E-state index in [0.29, 0.717) is 12.8 Å². The molecule has 144 valence electrons. The predicted molar refractivity (Wildman–Crippen MR) is 93.9 cm³/mol. The quantitative estimate of drug-likeness (QED) is 0.535. The van der Waals surface area contributed by atoms with Crippen LogP contribution in [-0.4, -0.2) is 51.9 Å². The van der Waals surface area contributed by atoms with Crippen molar-refractivity contribution in [2.24, 2.45) is 0 Å². The van der Waals surface area contributed by atoms with Crippen molar-refractivity contribution in [1.82, 2.24) is 4.98 Å². The third kappa shape index (κ3) is 6.84. The van der Waals surface area contributed by atoms with Crippen LogP contribution in [0.2, 0.25) is 0 Å². The number of allylic oxidation sites excluding steroid dienone is 1. The Morgan fingerprint density at radius 2 is 2.12 bits per heavy atom. The Balaban J connectivity index is 1.63. The van der Waals surface area contributed by atoms with Crippen LogP contribution in [0.3, 0.4) is 0 Å². The molecule has 0 aliphatic carbocycles.